The summed E-state index contributed by atoms with van der Waals surface area (Å²) in [5.41, 5.74) is 0.993. The second kappa shape index (κ2) is 9.26. The molecule has 3 N–H and O–H groups in total. The fourth-order valence-electron chi connectivity index (χ4n) is 1.92. The van der Waals surface area contributed by atoms with Gasteiger partial charge in [0.05, 0.1) is 0 Å². The number of amides is 1. The summed E-state index contributed by atoms with van der Waals surface area (Å²) >= 11 is 0. The molecule has 0 fully saturated rings. The molecule has 1 aromatic carbocycles. The maximum atomic E-state index is 12.0. The van der Waals surface area contributed by atoms with Crippen LogP contribution in [0.4, 0.5) is 0 Å². The van der Waals surface area contributed by atoms with E-state index in [-0.39, 0.29) is 11.5 Å². The quantitative estimate of drug-likeness (QED) is 0.383. The lowest BCUT2D eigenvalue weighted by Gasteiger charge is -2.17. The van der Waals surface area contributed by atoms with E-state index in [1.165, 1.54) is 6.20 Å². The first-order chi connectivity index (χ1) is 11.0. The molecule has 6 heteroatoms. The number of nitriles is 1. The Kier molecular flexibility index (Phi) is 7.34. The lowest BCUT2D eigenvalue weighted by Crippen LogP contribution is -2.44. The minimum Gasteiger partial charge on any atom is -0.480 e. The van der Waals surface area contributed by atoms with Gasteiger partial charge in [0.1, 0.15) is 17.7 Å². The van der Waals surface area contributed by atoms with Crippen molar-refractivity contribution < 1.29 is 14.7 Å². The monoisotopic (exact) mass is 315 g/mol. The summed E-state index contributed by atoms with van der Waals surface area (Å²) in [6.07, 6.45) is 2.07. The zero-order chi connectivity index (χ0) is 17.2. The fourth-order valence-corrected chi connectivity index (χ4v) is 1.92. The molecule has 0 radical (unpaired) electrons. The highest BCUT2D eigenvalue weighted by Crippen LogP contribution is 2.03. The van der Waals surface area contributed by atoms with E-state index in [0.29, 0.717) is 6.54 Å². The molecule has 0 aliphatic heterocycles. The van der Waals surface area contributed by atoms with E-state index < -0.39 is 17.9 Å². The smallest absolute Gasteiger partial charge is 0.326 e. The highest BCUT2D eigenvalue weighted by atomic mass is 16.4. The first-order valence-corrected chi connectivity index (χ1v) is 7.37. The number of carboxylic acids is 1. The van der Waals surface area contributed by atoms with Crippen LogP contribution in [0.15, 0.2) is 42.1 Å². The van der Waals surface area contributed by atoms with E-state index in [1.54, 1.807) is 19.9 Å². The molecule has 1 amide bonds. The van der Waals surface area contributed by atoms with Crippen molar-refractivity contribution in [1.82, 2.24) is 10.6 Å². The molecule has 0 bridgehead atoms. The Bertz CT molecular complexity index is 603. The van der Waals surface area contributed by atoms with E-state index in [9.17, 15) is 9.59 Å². The Morgan fingerprint density at radius 1 is 1.30 bits per heavy atom. The molecule has 0 aliphatic carbocycles. The first kappa shape index (κ1) is 18.2. The molecule has 1 unspecified atom stereocenters. The maximum Gasteiger partial charge on any atom is 0.326 e. The molecule has 1 atom stereocenters. The van der Waals surface area contributed by atoms with Crippen LogP contribution in [0.3, 0.4) is 0 Å². The molecule has 0 aromatic heterocycles. The van der Waals surface area contributed by atoms with Crippen molar-refractivity contribution in [3.05, 3.63) is 47.7 Å². The van der Waals surface area contributed by atoms with Gasteiger partial charge in [-0.3, -0.25) is 4.79 Å². The van der Waals surface area contributed by atoms with Gasteiger partial charge in [-0.15, -0.1) is 0 Å². The third-order valence-electron chi connectivity index (χ3n) is 3.23. The van der Waals surface area contributed by atoms with E-state index in [1.807, 2.05) is 30.3 Å². The number of benzene rings is 1. The molecule has 0 aliphatic rings. The van der Waals surface area contributed by atoms with Crippen LogP contribution in [0.25, 0.3) is 0 Å². The first-order valence-electron chi connectivity index (χ1n) is 7.37. The highest BCUT2D eigenvalue weighted by molar-refractivity contribution is 5.99. The SMILES string of the molecule is CC(C)C(NC(=O)/C(C#N)=C\NCCc1ccccc1)C(=O)O. The van der Waals surface area contributed by atoms with E-state index in [2.05, 4.69) is 10.6 Å². The zero-order valence-corrected chi connectivity index (χ0v) is 13.2. The molecule has 23 heavy (non-hydrogen) atoms. The second-order valence-electron chi connectivity index (χ2n) is 5.39. The van der Waals surface area contributed by atoms with Crippen molar-refractivity contribution in [3.63, 3.8) is 0 Å². The van der Waals surface area contributed by atoms with E-state index >= 15 is 0 Å². The van der Waals surface area contributed by atoms with Gasteiger partial charge in [-0.25, -0.2) is 4.79 Å². The number of nitrogens with zero attached hydrogens (tertiary/aromatic N) is 1. The summed E-state index contributed by atoms with van der Waals surface area (Å²) in [6.45, 7) is 3.94. The van der Waals surface area contributed by atoms with Gasteiger partial charge in [-0.05, 0) is 17.9 Å². The van der Waals surface area contributed by atoms with Crippen molar-refractivity contribution in [2.24, 2.45) is 5.92 Å². The van der Waals surface area contributed by atoms with Gasteiger partial charge in [0.15, 0.2) is 0 Å². The van der Waals surface area contributed by atoms with Gasteiger partial charge in [0, 0.05) is 12.7 Å². The standard InChI is InChI=1S/C17H21N3O3/c1-12(2)15(17(22)23)20-16(21)14(10-18)11-19-9-8-13-6-4-3-5-7-13/h3-7,11-12,15,19H,8-9H2,1-2H3,(H,20,21)(H,22,23)/b14-11-. The molecular weight excluding hydrogens is 294 g/mol. The number of carboxylic acid groups (broad SMARTS) is 1. The lowest BCUT2D eigenvalue weighted by molar-refractivity contribution is -0.142. The molecule has 1 aromatic rings. The highest BCUT2D eigenvalue weighted by Gasteiger charge is 2.24. The molecule has 0 saturated heterocycles. The predicted molar refractivity (Wildman–Crippen MR) is 86.2 cm³/mol. The Labute approximate surface area is 135 Å². The predicted octanol–water partition coefficient (Wildman–Crippen LogP) is 1.45. The Hall–Kier alpha value is -2.81. The van der Waals surface area contributed by atoms with Crippen LogP contribution in [0.1, 0.15) is 19.4 Å². The Morgan fingerprint density at radius 3 is 2.48 bits per heavy atom. The third kappa shape index (κ3) is 6.22. The normalized spacial score (nSPS) is 12.3. The molecular formula is C17H21N3O3. The minimum atomic E-state index is -1.12. The summed E-state index contributed by atoms with van der Waals surface area (Å²) in [5.74, 6) is -2.09. The van der Waals surface area contributed by atoms with Crippen LogP contribution in [0.2, 0.25) is 0 Å². The third-order valence-corrected chi connectivity index (χ3v) is 3.23. The van der Waals surface area contributed by atoms with Gasteiger partial charge < -0.3 is 15.7 Å². The number of carbonyl (C=O) groups is 2. The van der Waals surface area contributed by atoms with Crippen molar-refractivity contribution in [1.29, 1.82) is 5.26 Å². The Morgan fingerprint density at radius 2 is 1.96 bits per heavy atom. The topological polar surface area (TPSA) is 102 Å². The van der Waals surface area contributed by atoms with Gasteiger partial charge in [0.25, 0.3) is 5.91 Å². The van der Waals surface area contributed by atoms with Crippen molar-refractivity contribution in [3.8, 4) is 6.07 Å². The summed E-state index contributed by atoms with van der Waals surface area (Å²) < 4.78 is 0. The molecule has 1 rings (SSSR count). The molecule has 0 spiro atoms. The zero-order valence-electron chi connectivity index (χ0n) is 13.2. The van der Waals surface area contributed by atoms with E-state index in [0.717, 1.165) is 12.0 Å². The van der Waals surface area contributed by atoms with Crippen molar-refractivity contribution in [2.75, 3.05) is 6.54 Å². The summed E-state index contributed by atoms with van der Waals surface area (Å²) in [6, 6.07) is 10.5. The number of hydrogen-bond acceptors (Lipinski definition) is 4. The molecule has 0 heterocycles. The van der Waals surface area contributed by atoms with Crippen LogP contribution in [-0.2, 0) is 16.0 Å². The van der Waals surface area contributed by atoms with Gasteiger partial charge in [0.2, 0.25) is 0 Å². The van der Waals surface area contributed by atoms with E-state index in [4.69, 9.17) is 10.4 Å². The molecule has 122 valence electrons. The number of rotatable bonds is 8. The van der Waals surface area contributed by atoms with Crippen LogP contribution in [0, 0.1) is 17.2 Å². The van der Waals surface area contributed by atoms with Crippen LogP contribution in [-0.4, -0.2) is 29.6 Å². The largest absolute Gasteiger partial charge is 0.480 e. The average Bonchev–Trinajstić information content (AvgIpc) is 2.52. The number of hydrogen-bond donors (Lipinski definition) is 3. The average molecular weight is 315 g/mol. The number of carbonyl (C=O) groups excluding carboxylic acids is 1. The van der Waals surface area contributed by atoms with Crippen LogP contribution < -0.4 is 10.6 Å². The summed E-state index contributed by atoms with van der Waals surface area (Å²) in [5, 5.41) is 23.4. The molecule has 6 nitrogen and oxygen atoms in total. The maximum absolute atomic E-state index is 12.0. The second-order valence-corrected chi connectivity index (χ2v) is 5.39. The minimum absolute atomic E-state index is 0.148. The van der Waals surface area contributed by atoms with Crippen molar-refractivity contribution >= 4 is 11.9 Å². The number of aliphatic carboxylic acids is 1. The fraction of sp³-hybridized carbons (Fsp3) is 0.353. The van der Waals surface area contributed by atoms with Crippen molar-refractivity contribution in [2.45, 2.75) is 26.3 Å². The number of nitrogens with one attached hydrogen (secondary N) is 2. The summed E-state index contributed by atoms with van der Waals surface area (Å²) in [7, 11) is 0. The lowest BCUT2D eigenvalue weighted by atomic mass is 10.0. The van der Waals surface area contributed by atoms with Crippen LogP contribution >= 0.6 is 0 Å². The van der Waals surface area contributed by atoms with Gasteiger partial charge >= 0.3 is 5.97 Å². The van der Waals surface area contributed by atoms with Gasteiger partial charge in [-0.1, -0.05) is 44.2 Å². The summed E-state index contributed by atoms with van der Waals surface area (Å²) in [4.78, 5) is 23.0. The van der Waals surface area contributed by atoms with Gasteiger partial charge in [-0.2, -0.15) is 5.26 Å². The Balaban J connectivity index is 2.56. The molecule has 0 saturated carbocycles. The van der Waals surface area contributed by atoms with Crippen LogP contribution in [0.5, 0.6) is 0 Å².